The van der Waals surface area contributed by atoms with Crippen LogP contribution < -0.4 is 11.2 Å². The van der Waals surface area contributed by atoms with Gasteiger partial charge in [-0.25, -0.2) is 4.79 Å². The van der Waals surface area contributed by atoms with E-state index in [1.807, 2.05) is 6.92 Å². The Labute approximate surface area is 127 Å². The highest BCUT2D eigenvalue weighted by Crippen LogP contribution is 2.04. The van der Waals surface area contributed by atoms with Gasteiger partial charge < -0.3 is 5.11 Å². The number of hydrogen-bond donors (Lipinski definition) is 1. The SMILES string of the molecule is CCC(CO)Cn1ccc(=O)n(C(=O)c2ccccc2)c1=O. The summed E-state index contributed by atoms with van der Waals surface area (Å²) in [5, 5.41) is 9.24. The second-order valence-corrected chi connectivity index (χ2v) is 5.05. The van der Waals surface area contributed by atoms with E-state index in [0.29, 0.717) is 11.0 Å². The van der Waals surface area contributed by atoms with E-state index in [2.05, 4.69) is 0 Å². The molecule has 0 saturated carbocycles. The Morgan fingerprint density at radius 2 is 1.86 bits per heavy atom. The monoisotopic (exact) mass is 302 g/mol. The van der Waals surface area contributed by atoms with Crippen molar-refractivity contribution in [1.82, 2.24) is 9.13 Å². The molecule has 2 aromatic rings. The van der Waals surface area contributed by atoms with Gasteiger partial charge >= 0.3 is 5.69 Å². The summed E-state index contributed by atoms with van der Waals surface area (Å²) in [5.74, 6) is -0.752. The zero-order valence-corrected chi connectivity index (χ0v) is 12.3. The van der Waals surface area contributed by atoms with Crippen LogP contribution in [-0.2, 0) is 6.54 Å². The number of aliphatic hydroxyl groups is 1. The largest absolute Gasteiger partial charge is 0.396 e. The van der Waals surface area contributed by atoms with Crippen molar-refractivity contribution in [3.63, 3.8) is 0 Å². The van der Waals surface area contributed by atoms with Gasteiger partial charge in [0.2, 0.25) is 0 Å². The Hall–Kier alpha value is -2.47. The van der Waals surface area contributed by atoms with Crippen molar-refractivity contribution < 1.29 is 9.90 Å². The quantitative estimate of drug-likeness (QED) is 0.882. The van der Waals surface area contributed by atoms with Crippen molar-refractivity contribution in [2.75, 3.05) is 6.61 Å². The third-order valence-electron chi connectivity index (χ3n) is 3.57. The van der Waals surface area contributed by atoms with Crippen molar-refractivity contribution in [2.24, 2.45) is 5.92 Å². The smallest absolute Gasteiger partial charge is 0.338 e. The number of rotatable bonds is 5. The summed E-state index contributed by atoms with van der Waals surface area (Å²) >= 11 is 0. The number of benzene rings is 1. The van der Waals surface area contributed by atoms with Crippen LogP contribution in [0.15, 0.2) is 52.2 Å². The maximum Gasteiger partial charge on any atom is 0.338 e. The zero-order valence-electron chi connectivity index (χ0n) is 12.3. The molecular formula is C16H18N2O4. The minimum atomic E-state index is -0.687. The summed E-state index contributed by atoms with van der Waals surface area (Å²) in [5.41, 5.74) is -1.07. The first kappa shape index (κ1) is 15.9. The van der Waals surface area contributed by atoms with E-state index in [0.717, 1.165) is 0 Å². The Morgan fingerprint density at radius 3 is 2.45 bits per heavy atom. The highest BCUT2D eigenvalue weighted by atomic mass is 16.3. The summed E-state index contributed by atoms with van der Waals surface area (Å²) < 4.78 is 1.91. The predicted molar refractivity (Wildman–Crippen MR) is 82.0 cm³/mol. The molecule has 0 aliphatic rings. The number of nitrogens with zero attached hydrogens (tertiary/aromatic N) is 2. The molecule has 0 bridgehead atoms. The molecule has 6 nitrogen and oxygen atoms in total. The van der Waals surface area contributed by atoms with E-state index in [4.69, 9.17) is 0 Å². The predicted octanol–water partition coefficient (Wildman–Crippen LogP) is 0.717. The molecule has 1 atom stereocenters. The molecule has 1 aromatic heterocycles. The van der Waals surface area contributed by atoms with Gasteiger partial charge in [-0.05, 0) is 24.5 Å². The molecule has 0 fully saturated rings. The Morgan fingerprint density at radius 1 is 1.18 bits per heavy atom. The molecule has 0 saturated heterocycles. The summed E-state index contributed by atoms with van der Waals surface area (Å²) in [7, 11) is 0. The van der Waals surface area contributed by atoms with Crippen molar-refractivity contribution in [1.29, 1.82) is 0 Å². The summed E-state index contributed by atoms with van der Waals surface area (Å²) in [6, 6.07) is 9.36. The lowest BCUT2D eigenvalue weighted by molar-refractivity contribution is 0.0947. The average Bonchev–Trinajstić information content (AvgIpc) is 2.55. The summed E-state index contributed by atoms with van der Waals surface area (Å²) in [6.45, 7) is 2.10. The molecule has 116 valence electrons. The fourth-order valence-corrected chi connectivity index (χ4v) is 2.14. The second-order valence-electron chi connectivity index (χ2n) is 5.05. The fourth-order valence-electron chi connectivity index (χ4n) is 2.14. The summed E-state index contributed by atoms with van der Waals surface area (Å²) in [4.78, 5) is 36.7. The van der Waals surface area contributed by atoms with Crippen LogP contribution in [0.25, 0.3) is 0 Å². The van der Waals surface area contributed by atoms with Crippen LogP contribution in [0.3, 0.4) is 0 Å². The maximum atomic E-state index is 12.4. The van der Waals surface area contributed by atoms with E-state index < -0.39 is 17.2 Å². The lowest BCUT2D eigenvalue weighted by atomic mass is 10.1. The van der Waals surface area contributed by atoms with Crippen LogP contribution in [0.5, 0.6) is 0 Å². The van der Waals surface area contributed by atoms with Gasteiger partial charge in [0, 0.05) is 31.0 Å². The van der Waals surface area contributed by atoms with Crippen LogP contribution in [0.1, 0.15) is 23.7 Å². The van der Waals surface area contributed by atoms with E-state index in [9.17, 15) is 19.5 Å². The van der Waals surface area contributed by atoms with Gasteiger partial charge in [0.05, 0.1) is 0 Å². The molecule has 0 aliphatic heterocycles. The second kappa shape index (κ2) is 7.00. The molecule has 1 heterocycles. The van der Waals surface area contributed by atoms with E-state index >= 15 is 0 Å². The third-order valence-corrected chi connectivity index (χ3v) is 3.57. The van der Waals surface area contributed by atoms with Gasteiger partial charge in [-0.1, -0.05) is 25.1 Å². The van der Waals surface area contributed by atoms with Crippen LogP contribution in [0, 0.1) is 5.92 Å². The normalized spacial score (nSPS) is 12.1. The van der Waals surface area contributed by atoms with E-state index in [1.54, 1.807) is 30.3 Å². The first-order valence-corrected chi connectivity index (χ1v) is 7.11. The Balaban J connectivity index is 2.46. The molecule has 0 amide bonds. The topological polar surface area (TPSA) is 81.3 Å². The number of carbonyl (C=O) groups excluding carboxylic acids is 1. The molecule has 1 aromatic carbocycles. The van der Waals surface area contributed by atoms with Crippen molar-refractivity contribution in [2.45, 2.75) is 19.9 Å². The molecule has 1 N–H and O–H groups in total. The van der Waals surface area contributed by atoms with Gasteiger partial charge in [0.25, 0.3) is 11.5 Å². The van der Waals surface area contributed by atoms with Crippen LogP contribution in [0.4, 0.5) is 0 Å². The molecular weight excluding hydrogens is 284 g/mol. The number of hydrogen-bond acceptors (Lipinski definition) is 4. The molecule has 2 rings (SSSR count). The van der Waals surface area contributed by atoms with Crippen LogP contribution in [-0.4, -0.2) is 26.8 Å². The van der Waals surface area contributed by atoms with Gasteiger partial charge in [-0.3, -0.25) is 14.2 Å². The lowest BCUT2D eigenvalue weighted by Crippen LogP contribution is -2.43. The molecule has 0 radical (unpaired) electrons. The van der Waals surface area contributed by atoms with Crippen molar-refractivity contribution in [3.05, 3.63) is 69.0 Å². The highest BCUT2D eigenvalue weighted by molar-refractivity contribution is 5.95. The van der Waals surface area contributed by atoms with E-state index in [-0.39, 0.29) is 24.6 Å². The zero-order chi connectivity index (χ0) is 16.1. The van der Waals surface area contributed by atoms with Gasteiger partial charge in [0.1, 0.15) is 0 Å². The van der Waals surface area contributed by atoms with Crippen LogP contribution >= 0.6 is 0 Å². The molecule has 0 aliphatic carbocycles. The van der Waals surface area contributed by atoms with Crippen LogP contribution in [0.2, 0.25) is 0 Å². The molecule has 22 heavy (non-hydrogen) atoms. The third kappa shape index (κ3) is 3.23. The summed E-state index contributed by atoms with van der Waals surface area (Å²) in [6.07, 6.45) is 2.05. The minimum absolute atomic E-state index is 0.0608. The standard InChI is InChI=1S/C16H18N2O4/c1-2-12(11-19)10-17-9-8-14(20)18(16(17)22)15(21)13-6-4-3-5-7-13/h3-9,12,19H,2,10-11H2,1H3. The first-order valence-electron chi connectivity index (χ1n) is 7.11. The fraction of sp³-hybridized carbons (Fsp3) is 0.312. The van der Waals surface area contributed by atoms with E-state index in [1.165, 1.54) is 16.8 Å². The van der Waals surface area contributed by atoms with Gasteiger partial charge in [-0.15, -0.1) is 0 Å². The molecule has 1 unspecified atom stereocenters. The molecule has 0 spiro atoms. The van der Waals surface area contributed by atoms with Crippen molar-refractivity contribution in [3.8, 4) is 0 Å². The Bertz CT molecular complexity index is 758. The number of aromatic nitrogens is 2. The van der Waals surface area contributed by atoms with Gasteiger partial charge in [-0.2, -0.15) is 4.57 Å². The minimum Gasteiger partial charge on any atom is -0.396 e. The average molecular weight is 302 g/mol. The number of aliphatic hydroxyl groups excluding tert-OH is 1. The Kier molecular flexibility index (Phi) is 5.06. The first-order chi connectivity index (χ1) is 10.6. The highest BCUT2D eigenvalue weighted by Gasteiger charge is 2.16. The van der Waals surface area contributed by atoms with Gasteiger partial charge in [0.15, 0.2) is 0 Å². The van der Waals surface area contributed by atoms with Crippen molar-refractivity contribution >= 4 is 5.91 Å². The maximum absolute atomic E-state index is 12.4. The lowest BCUT2D eigenvalue weighted by Gasteiger charge is -2.14. The number of carbonyl (C=O) groups is 1. The molecule has 6 heteroatoms.